The number of aryl methyl sites for hydroxylation is 1. The zero-order valence-electron chi connectivity index (χ0n) is 10.5. The van der Waals surface area contributed by atoms with Gasteiger partial charge in [-0.25, -0.2) is 27.9 Å². The summed E-state index contributed by atoms with van der Waals surface area (Å²) in [5.41, 5.74) is 0.454. The highest BCUT2D eigenvalue weighted by molar-refractivity contribution is 7.89. The van der Waals surface area contributed by atoms with Gasteiger partial charge in [-0.1, -0.05) is 6.07 Å². The first-order valence-electron chi connectivity index (χ1n) is 5.54. The van der Waals surface area contributed by atoms with E-state index in [0.29, 0.717) is 5.56 Å². The van der Waals surface area contributed by atoms with Crippen LogP contribution in [0.1, 0.15) is 16.1 Å². The van der Waals surface area contributed by atoms with E-state index in [-0.39, 0.29) is 17.3 Å². The molecule has 0 saturated heterocycles. The number of aromatic nitrogens is 3. The van der Waals surface area contributed by atoms with Crippen LogP contribution in [0.25, 0.3) is 0 Å². The maximum Gasteiger partial charge on any atom is 0.354 e. The Labute approximate surface area is 115 Å². The molecule has 0 spiro atoms. The monoisotopic (exact) mass is 296 g/mol. The van der Waals surface area contributed by atoms with Crippen LogP contribution in [-0.4, -0.2) is 34.0 Å². The largest absolute Gasteiger partial charge is 0.477 e. The number of hydrogen-bond acceptors (Lipinski definition) is 5. The molecule has 9 heteroatoms. The van der Waals surface area contributed by atoms with Crippen LogP contribution in [0.15, 0.2) is 35.9 Å². The van der Waals surface area contributed by atoms with Gasteiger partial charge in [0.2, 0.25) is 0 Å². The second-order valence-corrected chi connectivity index (χ2v) is 5.77. The van der Waals surface area contributed by atoms with Gasteiger partial charge in [0, 0.05) is 26.0 Å². The highest BCUT2D eigenvalue weighted by atomic mass is 32.2. The average molecular weight is 296 g/mol. The van der Waals surface area contributed by atoms with Gasteiger partial charge in [-0.05, 0) is 11.6 Å². The summed E-state index contributed by atoms with van der Waals surface area (Å²) < 4.78 is 27.7. The van der Waals surface area contributed by atoms with Gasteiger partial charge in [0.25, 0.3) is 10.0 Å². The summed E-state index contributed by atoms with van der Waals surface area (Å²) in [7, 11) is -2.02. The lowest BCUT2D eigenvalue weighted by Crippen LogP contribution is -2.23. The molecule has 0 radical (unpaired) electrons. The number of nitrogens with one attached hydrogen (secondary N) is 1. The molecule has 0 aliphatic heterocycles. The van der Waals surface area contributed by atoms with Crippen LogP contribution < -0.4 is 4.72 Å². The number of carboxylic acid groups (broad SMARTS) is 1. The topological polar surface area (TPSA) is 114 Å². The summed E-state index contributed by atoms with van der Waals surface area (Å²) in [4.78, 5) is 18.1. The lowest BCUT2D eigenvalue weighted by Gasteiger charge is -2.04. The smallest absolute Gasteiger partial charge is 0.354 e. The zero-order chi connectivity index (χ0) is 14.8. The fraction of sp³-hybridized carbons (Fsp3) is 0.182. The van der Waals surface area contributed by atoms with Crippen LogP contribution in [0.4, 0.5) is 0 Å². The maximum atomic E-state index is 11.9. The van der Waals surface area contributed by atoms with Crippen molar-refractivity contribution in [1.29, 1.82) is 0 Å². The van der Waals surface area contributed by atoms with Crippen LogP contribution >= 0.6 is 0 Å². The lowest BCUT2D eigenvalue weighted by molar-refractivity contribution is 0.0690. The van der Waals surface area contributed by atoms with Gasteiger partial charge in [0.05, 0.1) is 6.33 Å². The quantitative estimate of drug-likeness (QED) is 0.802. The molecule has 0 bridgehead atoms. The van der Waals surface area contributed by atoms with Gasteiger partial charge < -0.3 is 9.67 Å². The molecule has 0 aromatic carbocycles. The molecule has 0 aliphatic carbocycles. The number of imidazole rings is 1. The van der Waals surface area contributed by atoms with Gasteiger partial charge in [-0.15, -0.1) is 0 Å². The molecule has 2 aromatic heterocycles. The fourth-order valence-electron chi connectivity index (χ4n) is 1.44. The summed E-state index contributed by atoms with van der Waals surface area (Å²) in [6, 6.07) is 2.81. The van der Waals surface area contributed by atoms with E-state index >= 15 is 0 Å². The van der Waals surface area contributed by atoms with E-state index in [0.717, 1.165) is 0 Å². The van der Waals surface area contributed by atoms with Crippen molar-refractivity contribution in [3.05, 3.63) is 42.1 Å². The number of nitrogens with zero attached hydrogens (tertiary/aromatic N) is 3. The molecule has 2 heterocycles. The number of hydrogen-bond donors (Lipinski definition) is 2. The number of aromatic carboxylic acids is 1. The molecule has 8 nitrogen and oxygen atoms in total. The fourth-order valence-corrected chi connectivity index (χ4v) is 2.43. The Hall–Kier alpha value is -2.26. The second kappa shape index (κ2) is 5.39. The van der Waals surface area contributed by atoms with Gasteiger partial charge in [-0.3, -0.25) is 0 Å². The standard InChI is InChI=1S/C11H12N4O4S/c1-15-6-10(13-7-15)20(18,19)14-5-8-2-3-9(11(16)17)12-4-8/h2-4,6-7,14H,5H2,1H3,(H,16,17). The number of sulfonamides is 1. The average Bonchev–Trinajstić information content (AvgIpc) is 2.84. The van der Waals surface area contributed by atoms with E-state index in [1.54, 1.807) is 7.05 Å². The molecule has 106 valence electrons. The third-order valence-corrected chi connectivity index (χ3v) is 3.75. The predicted octanol–water partition coefficient (Wildman–Crippen LogP) is -0.00820. The van der Waals surface area contributed by atoms with E-state index < -0.39 is 16.0 Å². The SMILES string of the molecule is Cn1cnc(S(=O)(=O)NCc2ccc(C(=O)O)nc2)c1. The minimum atomic E-state index is -3.69. The highest BCUT2D eigenvalue weighted by Gasteiger charge is 2.16. The van der Waals surface area contributed by atoms with Crippen LogP contribution in [0.3, 0.4) is 0 Å². The Bertz CT molecular complexity index is 721. The molecule has 20 heavy (non-hydrogen) atoms. The third kappa shape index (κ3) is 3.19. The summed E-state index contributed by atoms with van der Waals surface area (Å²) in [6.45, 7) is 0.00576. The second-order valence-electron chi connectivity index (χ2n) is 4.06. The van der Waals surface area contributed by atoms with E-state index in [9.17, 15) is 13.2 Å². The summed E-state index contributed by atoms with van der Waals surface area (Å²) in [5.74, 6) is -1.13. The summed E-state index contributed by atoms with van der Waals surface area (Å²) >= 11 is 0. The van der Waals surface area contributed by atoms with Gasteiger partial charge in [0.1, 0.15) is 5.69 Å². The Morgan fingerprint density at radius 1 is 1.40 bits per heavy atom. The molecule has 2 aromatic rings. The van der Waals surface area contributed by atoms with Crippen molar-refractivity contribution in [1.82, 2.24) is 19.3 Å². The molecular weight excluding hydrogens is 284 g/mol. The molecule has 0 fully saturated rings. The Kier molecular flexibility index (Phi) is 3.81. The Balaban J connectivity index is 2.06. The molecule has 0 saturated carbocycles. The van der Waals surface area contributed by atoms with Crippen LogP contribution in [0.5, 0.6) is 0 Å². The van der Waals surface area contributed by atoms with E-state index in [2.05, 4.69) is 14.7 Å². The van der Waals surface area contributed by atoms with Crippen molar-refractivity contribution >= 4 is 16.0 Å². The minimum absolute atomic E-state index is 0.00576. The van der Waals surface area contributed by atoms with Crippen molar-refractivity contribution in [2.45, 2.75) is 11.6 Å². The number of carboxylic acids is 1. The summed E-state index contributed by atoms with van der Waals surface area (Å²) in [5, 5.41) is 8.63. The number of carbonyl (C=O) groups is 1. The van der Waals surface area contributed by atoms with Gasteiger partial charge >= 0.3 is 5.97 Å². The molecule has 0 aliphatic rings. The Morgan fingerprint density at radius 2 is 2.15 bits per heavy atom. The summed E-state index contributed by atoms with van der Waals surface area (Å²) in [6.07, 6.45) is 4.08. The maximum absolute atomic E-state index is 11.9. The van der Waals surface area contributed by atoms with Gasteiger partial charge in [0.15, 0.2) is 5.03 Å². The van der Waals surface area contributed by atoms with E-state index in [1.807, 2.05) is 0 Å². The molecule has 2 N–H and O–H groups in total. The van der Waals surface area contributed by atoms with Crippen LogP contribution in [0.2, 0.25) is 0 Å². The van der Waals surface area contributed by atoms with Crippen molar-refractivity contribution in [2.75, 3.05) is 0 Å². The Morgan fingerprint density at radius 3 is 2.65 bits per heavy atom. The van der Waals surface area contributed by atoms with Crippen LogP contribution in [-0.2, 0) is 23.6 Å². The molecular formula is C11H12N4O4S. The first-order chi connectivity index (χ1) is 9.38. The highest BCUT2D eigenvalue weighted by Crippen LogP contribution is 2.06. The normalized spacial score (nSPS) is 11.4. The van der Waals surface area contributed by atoms with Crippen molar-refractivity contribution in [2.24, 2.45) is 7.05 Å². The minimum Gasteiger partial charge on any atom is -0.477 e. The lowest BCUT2D eigenvalue weighted by atomic mass is 10.2. The molecule has 2 rings (SSSR count). The number of rotatable bonds is 5. The van der Waals surface area contributed by atoms with Crippen LogP contribution in [0, 0.1) is 0 Å². The third-order valence-electron chi connectivity index (χ3n) is 2.47. The first-order valence-corrected chi connectivity index (χ1v) is 7.02. The van der Waals surface area contributed by atoms with Crippen molar-refractivity contribution in [3.8, 4) is 0 Å². The number of pyridine rings is 1. The molecule has 0 amide bonds. The molecule has 0 atom stereocenters. The van der Waals surface area contributed by atoms with E-state index in [1.165, 1.54) is 35.4 Å². The zero-order valence-corrected chi connectivity index (χ0v) is 11.3. The van der Waals surface area contributed by atoms with Crippen molar-refractivity contribution < 1.29 is 18.3 Å². The van der Waals surface area contributed by atoms with Gasteiger partial charge in [-0.2, -0.15) is 0 Å². The van der Waals surface area contributed by atoms with Crippen molar-refractivity contribution in [3.63, 3.8) is 0 Å². The predicted molar refractivity (Wildman–Crippen MR) is 68.4 cm³/mol. The first kappa shape index (κ1) is 14.2. The van der Waals surface area contributed by atoms with E-state index in [4.69, 9.17) is 5.11 Å². The molecule has 0 unspecified atom stereocenters.